The van der Waals surface area contributed by atoms with Gasteiger partial charge in [0, 0.05) is 45.1 Å². The SMILES string of the molecule is O=C(O)c1cnccc1N1CCN(CC2CC2)CC1. The van der Waals surface area contributed by atoms with Crippen LogP contribution in [0, 0.1) is 5.92 Å². The van der Waals surface area contributed by atoms with Gasteiger partial charge in [-0.15, -0.1) is 0 Å². The summed E-state index contributed by atoms with van der Waals surface area (Å²) in [6.45, 7) is 5.07. The summed E-state index contributed by atoms with van der Waals surface area (Å²) in [5.74, 6) is 0.0190. The molecule has 2 aliphatic rings. The quantitative estimate of drug-likeness (QED) is 0.885. The highest BCUT2D eigenvalue weighted by molar-refractivity contribution is 5.94. The zero-order valence-electron chi connectivity index (χ0n) is 11.0. The molecule has 0 amide bonds. The van der Waals surface area contributed by atoms with E-state index >= 15 is 0 Å². The Kier molecular flexibility index (Phi) is 3.38. The minimum absolute atomic E-state index is 0.304. The number of hydrogen-bond acceptors (Lipinski definition) is 4. The van der Waals surface area contributed by atoms with E-state index in [9.17, 15) is 9.90 Å². The van der Waals surface area contributed by atoms with Gasteiger partial charge in [0.05, 0.1) is 5.69 Å². The lowest BCUT2D eigenvalue weighted by atomic mass is 10.2. The van der Waals surface area contributed by atoms with Crippen molar-refractivity contribution >= 4 is 11.7 Å². The number of pyridine rings is 1. The summed E-state index contributed by atoms with van der Waals surface area (Å²) in [4.78, 5) is 19.8. The van der Waals surface area contributed by atoms with Crippen LogP contribution in [0.2, 0.25) is 0 Å². The molecule has 1 aromatic heterocycles. The van der Waals surface area contributed by atoms with E-state index in [0.717, 1.165) is 37.8 Å². The van der Waals surface area contributed by atoms with Crippen LogP contribution in [0.3, 0.4) is 0 Å². The number of carbonyl (C=O) groups is 1. The average Bonchev–Trinajstić information content (AvgIpc) is 3.23. The topological polar surface area (TPSA) is 56.7 Å². The summed E-state index contributed by atoms with van der Waals surface area (Å²) in [5.41, 5.74) is 1.10. The van der Waals surface area contributed by atoms with Crippen molar-refractivity contribution in [1.82, 2.24) is 9.88 Å². The number of anilines is 1. The highest BCUT2D eigenvalue weighted by Crippen LogP contribution is 2.30. The maximum atomic E-state index is 11.2. The highest BCUT2D eigenvalue weighted by Gasteiger charge is 2.27. The summed E-state index contributed by atoms with van der Waals surface area (Å²) in [6, 6.07) is 1.81. The molecule has 0 atom stereocenters. The Morgan fingerprint density at radius 2 is 2.05 bits per heavy atom. The number of piperazine rings is 1. The fraction of sp³-hybridized carbons (Fsp3) is 0.571. The van der Waals surface area contributed by atoms with Crippen LogP contribution >= 0.6 is 0 Å². The van der Waals surface area contributed by atoms with Crippen molar-refractivity contribution in [2.24, 2.45) is 5.92 Å². The molecular weight excluding hydrogens is 242 g/mol. The Morgan fingerprint density at radius 3 is 2.68 bits per heavy atom. The van der Waals surface area contributed by atoms with E-state index in [1.165, 1.54) is 25.6 Å². The van der Waals surface area contributed by atoms with E-state index < -0.39 is 5.97 Å². The Bertz CT molecular complexity index is 466. The first-order valence-corrected chi connectivity index (χ1v) is 6.88. The van der Waals surface area contributed by atoms with Gasteiger partial charge >= 0.3 is 5.97 Å². The van der Waals surface area contributed by atoms with Gasteiger partial charge in [0.25, 0.3) is 0 Å². The number of nitrogens with zero attached hydrogens (tertiary/aromatic N) is 3. The number of hydrogen-bond donors (Lipinski definition) is 1. The van der Waals surface area contributed by atoms with E-state index in [0.29, 0.717) is 5.56 Å². The molecule has 2 heterocycles. The molecule has 19 heavy (non-hydrogen) atoms. The second-order valence-corrected chi connectivity index (χ2v) is 5.43. The van der Waals surface area contributed by atoms with Crippen molar-refractivity contribution in [3.05, 3.63) is 24.0 Å². The van der Waals surface area contributed by atoms with Gasteiger partial charge in [-0.25, -0.2) is 4.79 Å². The molecule has 1 aliphatic carbocycles. The molecule has 0 spiro atoms. The molecule has 1 aromatic rings. The third-order valence-corrected chi connectivity index (χ3v) is 3.95. The molecule has 102 valence electrons. The molecule has 2 fully saturated rings. The van der Waals surface area contributed by atoms with Crippen LogP contribution in [0.15, 0.2) is 18.5 Å². The van der Waals surface area contributed by atoms with Crippen LogP contribution in [-0.4, -0.2) is 53.7 Å². The van der Waals surface area contributed by atoms with Gasteiger partial charge < -0.3 is 10.0 Å². The second-order valence-electron chi connectivity index (χ2n) is 5.43. The van der Waals surface area contributed by atoms with Crippen molar-refractivity contribution in [2.75, 3.05) is 37.6 Å². The van der Waals surface area contributed by atoms with E-state index in [2.05, 4.69) is 14.8 Å². The molecule has 1 aliphatic heterocycles. The fourth-order valence-electron chi connectivity index (χ4n) is 2.66. The van der Waals surface area contributed by atoms with Crippen LogP contribution in [0.1, 0.15) is 23.2 Å². The predicted molar refractivity (Wildman–Crippen MR) is 72.6 cm³/mol. The van der Waals surface area contributed by atoms with Crippen molar-refractivity contribution in [3.63, 3.8) is 0 Å². The second kappa shape index (κ2) is 5.17. The molecule has 5 heteroatoms. The smallest absolute Gasteiger partial charge is 0.339 e. The van der Waals surface area contributed by atoms with Gasteiger partial charge in [-0.3, -0.25) is 9.88 Å². The van der Waals surface area contributed by atoms with Crippen LogP contribution in [0.5, 0.6) is 0 Å². The summed E-state index contributed by atoms with van der Waals surface area (Å²) in [7, 11) is 0. The van der Waals surface area contributed by atoms with Crippen molar-refractivity contribution in [1.29, 1.82) is 0 Å². The van der Waals surface area contributed by atoms with Crippen molar-refractivity contribution in [3.8, 4) is 0 Å². The normalized spacial score (nSPS) is 20.5. The van der Waals surface area contributed by atoms with Crippen LogP contribution in [0.25, 0.3) is 0 Å². The zero-order valence-corrected chi connectivity index (χ0v) is 11.0. The monoisotopic (exact) mass is 261 g/mol. The van der Waals surface area contributed by atoms with Crippen LogP contribution < -0.4 is 4.90 Å². The van der Waals surface area contributed by atoms with Gasteiger partial charge in [-0.1, -0.05) is 0 Å². The summed E-state index contributed by atoms with van der Waals surface area (Å²) < 4.78 is 0. The van der Waals surface area contributed by atoms with Gasteiger partial charge in [-0.05, 0) is 24.8 Å². The van der Waals surface area contributed by atoms with Crippen LogP contribution in [-0.2, 0) is 0 Å². The summed E-state index contributed by atoms with van der Waals surface area (Å²) in [6.07, 6.45) is 5.87. The third kappa shape index (κ3) is 2.87. The van der Waals surface area contributed by atoms with Gasteiger partial charge in [-0.2, -0.15) is 0 Å². The Morgan fingerprint density at radius 1 is 1.32 bits per heavy atom. The fourth-order valence-corrected chi connectivity index (χ4v) is 2.66. The number of aromatic nitrogens is 1. The van der Waals surface area contributed by atoms with Gasteiger partial charge in [0.2, 0.25) is 0 Å². The lowest BCUT2D eigenvalue weighted by Gasteiger charge is -2.36. The molecule has 1 saturated heterocycles. The molecule has 0 bridgehead atoms. The van der Waals surface area contributed by atoms with Gasteiger partial charge in [0.1, 0.15) is 5.56 Å². The Labute approximate surface area is 112 Å². The molecule has 0 aromatic carbocycles. The zero-order chi connectivity index (χ0) is 13.2. The lowest BCUT2D eigenvalue weighted by Crippen LogP contribution is -2.47. The van der Waals surface area contributed by atoms with E-state index in [-0.39, 0.29) is 0 Å². The van der Waals surface area contributed by atoms with E-state index in [1.807, 2.05) is 0 Å². The minimum Gasteiger partial charge on any atom is -0.478 e. The van der Waals surface area contributed by atoms with Crippen LogP contribution in [0.4, 0.5) is 5.69 Å². The third-order valence-electron chi connectivity index (χ3n) is 3.95. The first-order chi connectivity index (χ1) is 9.24. The molecule has 1 N–H and O–H groups in total. The minimum atomic E-state index is -0.900. The summed E-state index contributed by atoms with van der Waals surface area (Å²) in [5, 5.41) is 9.20. The number of rotatable bonds is 4. The van der Waals surface area contributed by atoms with Crippen molar-refractivity contribution in [2.45, 2.75) is 12.8 Å². The Balaban J connectivity index is 1.65. The number of carboxylic acids is 1. The average molecular weight is 261 g/mol. The molecule has 0 unspecified atom stereocenters. The number of carboxylic acid groups (broad SMARTS) is 1. The van der Waals surface area contributed by atoms with Crippen molar-refractivity contribution < 1.29 is 9.90 Å². The highest BCUT2D eigenvalue weighted by atomic mass is 16.4. The molecule has 0 radical (unpaired) electrons. The first-order valence-electron chi connectivity index (χ1n) is 6.88. The molecular formula is C14H19N3O2. The maximum absolute atomic E-state index is 11.2. The largest absolute Gasteiger partial charge is 0.478 e. The molecule has 5 nitrogen and oxygen atoms in total. The maximum Gasteiger partial charge on any atom is 0.339 e. The predicted octanol–water partition coefficient (Wildman–Crippen LogP) is 1.31. The van der Waals surface area contributed by atoms with Gasteiger partial charge in [0.15, 0.2) is 0 Å². The summed E-state index contributed by atoms with van der Waals surface area (Å²) >= 11 is 0. The first kappa shape index (κ1) is 12.4. The lowest BCUT2D eigenvalue weighted by molar-refractivity contribution is 0.0697. The Hall–Kier alpha value is -1.62. The molecule has 1 saturated carbocycles. The molecule has 3 rings (SSSR count). The number of aromatic carboxylic acids is 1. The van der Waals surface area contributed by atoms with E-state index in [4.69, 9.17) is 0 Å². The standard InChI is InChI=1S/C14H19N3O2/c18-14(19)12-9-15-4-3-13(12)17-7-5-16(6-8-17)10-11-1-2-11/h3-4,9,11H,1-2,5-8,10H2,(H,18,19). The van der Waals surface area contributed by atoms with E-state index in [1.54, 1.807) is 12.3 Å².